The van der Waals surface area contributed by atoms with Gasteiger partial charge in [-0.25, -0.2) is 19.6 Å². The van der Waals surface area contributed by atoms with Gasteiger partial charge >= 0.3 is 12.1 Å². The molecule has 0 aliphatic carbocycles. The second kappa shape index (κ2) is 15.5. The first-order chi connectivity index (χ1) is 24.8. The molecular formula is C37H30N6O8. The van der Waals surface area contributed by atoms with Gasteiger partial charge < -0.3 is 19.2 Å². The van der Waals surface area contributed by atoms with Crippen molar-refractivity contribution in [3.05, 3.63) is 143 Å². The monoisotopic (exact) mass is 686 g/mol. The predicted molar refractivity (Wildman–Crippen MR) is 184 cm³/mol. The summed E-state index contributed by atoms with van der Waals surface area (Å²) in [5, 5.41) is 5.13. The quantitative estimate of drug-likeness (QED) is 0.136. The van der Waals surface area contributed by atoms with Gasteiger partial charge in [0, 0.05) is 24.4 Å². The van der Waals surface area contributed by atoms with E-state index in [1.54, 1.807) is 60.7 Å². The Balaban J connectivity index is 1.27. The minimum atomic E-state index is -1.17. The molecular weight excluding hydrogens is 656 g/mol. The summed E-state index contributed by atoms with van der Waals surface area (Å²) in [6.45, 7) is -0.609. The van der Waals surface area contributed by atoms with Gasteiger partial charge in [-0.15, -0.1) is 0 Å². The molecule has 1 unspecified atom stereocenters. The van der Waals surface area contributed by atoms with Crippen molar-refractivity contribution in [3.63, 3.8) is 0 Å². The Morgan fingerprint density at radius 1 is 0.902 bits per heavy atom. The summed E-state index contributed by atoms with van der Waals surface area (Å²) in [6.07, 6.45) is 3.36. The van der Waals surface area contributed by atoms with Crippen LogP contribution in [0.25, 0.3) is 22.5 Å². The molecule has 0 radical (unpaired) electrons. The van der Waals surface area contributed by atoms with Crippen molar-refractivity contribution in [2.75, 3.05) is 12.4 Å². The van der Waals surface area contributed by atoms with Crippen molar-refractivity contribution >= 4 is 40.5 Å². The number of anilines is 1. The number of oxazole rings is 1. The Kier molecular flexibility index (Phi) is 10.3. The number of nitrogens with one attached hydrogen (secondary N) is 2. The topological polar surface area (TPSA) is 185 Å². The van der Waals surface area contributed by atoms with Crippen LogP contribution in [0.3, 0.4) is 0 Å². The van der Waals surface area contributed by atoms with Gasteiger partial charge in [0.25, 0.3) is 11.4 Å². The maximum atomic E-state index is 13.9. The van der Waals surface area contributed by atoms with Gasteiger partial charge in [-0.05, 0) is 41.5 Å². The van der Waals surface area contributed by atoms with Gasteiger partial charge in [-0.3, -0.25) is 29.3 Å². The number of fused-ring (bicyclic) bond motifs is 1. The van der Waals surface area contributed by atoms with Crippen molar-refractivity contribution in [2.45, 2.75) is 25.6 Å². The molecule has 0 saturated carbocycles. The van der Waals surface area contributed by atoms with Gasteiger partial charge in [-0.1, -0.05) is 60.7 Å². The lowest BCUT2D eigenvalue weighted by Gasteiger charge is -2.18. The Labute approximate surface area is 290 Å². The third kappa shape index (κ3) is 8.20. The van der Waals surface area contributed by atoms with Crippen molar-refractivity contribution in [2.24, 2.45) is 0 Å². The van der Waals surface area contributed by atoms with E-state index < -0.39 is 41.9 Å². The molecule has 2 amide bonds. The van der Waals surface area contributed by atoms with Crippen LogP contribution in [-0.4, -0.2) is 56.4 Å². The van der Waals surface area contributed by atoms with Crippen LogP contribution in [0.2, 0.25) is 0 Å². The molecule has 3 aromatic carbocycles. The number of hydrogen-bond donors (Lipinski definition) is 2. The van der Waals surface area contributed by atoms with E-state index in [4.69, 9.17) is 13.9 Å². The number of Topliss-reactive ketones (excluding diaryl/α,β-unsaturated/α-hetero) is 1. The Bertz CT molecular complexity index is 2260. The number of ketones is 1. The van der Waals surface area contributed by atoms with Gasteiger partial charge in [0.15, 0.2) is 5.58 Å². The number of rotatable bonds is 12. The van der Waals surface area contributed by atoms with E-state index in [2.05, 4.69) is 25.6 Å². The lowest BCUT2D eigenvalue weighted by atomic mass is 10.0. The van der Waals surface area contributed by atoms with E-state index in [9.17, 15) is 24.0 Å². The normalized spacial score (nSPS) is 11.4. The molecule has 0 aliphatic heterocycles. The Morgan fingerprint density at radius 3 is 2.31 bits per heavy atom. The first kappa shape index (κ1) is 33.9. The molecule has 0 saturated heterocycles. The first-order valence-corrected chi connectivity index (χ1v) is 15.6. The molecule has 14 heteroatoms. The Morgan fingerprint density at radius 2 is 1.61 bits per heavy atom. The fourth-order valence-corrected chi connectivity index (χ4v) is 5.19. The number of nitrogens with zero attached hydrogens (tertiary/aromatic N) is 4. The second-order valence-electron chi connectivity index (χ2n) is 11.2. The number of benzene rings is 3. The average molecular weight is 687 g/mol. The first-order valence-electron chi connectivity index (χ1n) is 15.6. The van der Waals surface area contributed by atoms with Crippen LogP contribution in [0.5, 0.6) is 0 Å². The van der Waals surface area contributed by atoms with E-state index in [0.717, 1.165) is 15.7 Å². The van der Waals surface area contributed by atoms with Gasteiger partial charge in [0.2, 0.25) is 11.7 Å². The second-order valence-corrected chi connectivity index (χ2v) is 11.2. The van der Waals surface area contributed by atoms with Crippen LogP contribution in [-0.2, 0) is 33.8 Å². The zero-order chi connectivity index (χ0) is 35.7. The number of carbonyl (C=O) groups is 4. The number of ether oxygens (including phenoxy) is 2. The third-order valence-electron chi connectivity index (χ3n) is 7.69. The Hall–Kier alpha value is -6.96. The molecule has 0 spiro atoms. The van der Waals surface area contributed by atoms with Crippen LogP contribution >= 0.6 is 0 Å². The number of pyridine rings is 1. The van der Waals surface area contributed by atoms with Crippen molar-refractivity contribution in [3.8, 4) is 11.4 Å². The summed E-state index contributed by atoms with van der Waals surface area (Å²) in [5.74, 6) is -2.10. The van der Waals surface area contributed by atoms with E-state index in [-0.39, 0.29) is 47.1 Å². The van der Waals surface area contributed by atoms with E-state index in [1.165, 1.54) is 43.9 Å². The van der Waals surface area contributed by atoms with Gasteiger partial charge in [0.1, 0.15) is 36.2 Å². The summed E-state index contributed by atoms with van der Waals surface area (Å²) in [5.41, 5.74) is 1.70. The molecule has 3 aromatic heterocycles. The summed E-state index contributed by atoms with van der Waals surface area (Å²) in [6, 6.07) is 24.4. The van der Waals surface area contributed by atoms with Crippen LogP contribution < -0.4 is 16.2 Å². The molecule has 14 nitrogen and oxygen atoms in total. The van der Waals surface area contributed by atoms with Crippen molar-refractivity contribution < 1.29 is 33.1 Å². The SMILES string of the molecule is COC(=O)c1ccc2oc(C(=O)C(Cc3ccccc3)NC(=O)Cn3c(-c4ccncc4)ncc(NC(=O)OCc4ccccc4)c3=O)nc2c1. The lowest BCUT2D eigenvalue weighted by molar-refractivity contribution is -0.122. The average Bonchev–Trinajstić information content (AvgIpc) is 3.60. The minimum Gasteiger partial charge on any atom is -0.465 e. The predicted octanol–water partition coefficient (Wildman–Crippen LogP) is 4.59. The molecule has 0 bridgehead atoms. The molecule has 1 atom stereocenters. The molecule has 6 rings (SSSR count). The highest BCUT2D eigenvalue weighted by Gasteiger charge is 2.28. The summed E-state index contributed by atoms with van der Waals surface area (Å²) in [4.78, 5) is 78.7. The van der Waals surface area contributed by atoms with Crippen LogP contribution in [0.4, 0.5) is 10.5 Å². The minimum absolute atomic E-state index is 0.0326. The number of aromatic nitrogens is 4. The number of methoxy groups -OCH3 is 1. The highest BCUT2D eigenvalue weighted by molar-refractivity contribution is 6.01. The maximum Gasteiger partial charge on any atom is 0.412 e. The van der Waals surface area contributed by atoms with Gasteiger partial charge in [0.05, 0.1) is 18.9 Å². The van der Waals surface area contributed by atoms with Crippen LogP contribution in [0.15, 0.2) is 119 Å². The molecule has 51 heavy (non-hydrogen) atoms. The molecule has 0 fully saturated rings. The van der Waals surface area contributed by atoms with E-state index in [0.29, 0.717) is 5.56 Å². The fraction of sp³-hybridized carbons (Fsp3) is 0.135. The van der Waals surface area contributed by atoms with Crippen LogP contribution in [0.1, 0.15) is 32.2 Å². The lowest BCUT2D eigenvalue weighted by Crippen LogP contribution is -2.45. The number of carbonyl (C=O) groups excluding carboxylic acids is 4. The molecule has 2 N–H and O–H groups in total. The number of amides is 2. The smallest absolute Gasteiger partial charge is 0.412 e. The fourth-order valence-electron chi connectivity index (χ4n) is 5.19. The van der Waals surface area contributed by atoms with Crippen molar-refractivity contribution in [1.82, 2.24) is 24.8 Å². The maximum absolute atomic E-state index is 13.9. The third-order valence-corrected chi connectivity index (χ3v) is 7.69. The summed E-state index contributed by atoms with van der Waals surface area (Å²) in [7, 11) is 1.25. The largest absolute Gasteiger partial charge is 0.465 e. The van der Waals surface area contributed by atoms with E-state index in [1.807, 2.05) is 12.1 Å². The molecule has 6 aromatic rings. The standard InChI is InChI=1S/C37H30N6O8/c1-49-36(47)26-12-13-30-27(19-26)41-34(51-30)32(45)28(18-23-8-4-2-5-9-23)40-31(44)21-43-33(25-14-16-38-17-15-25)39-20-29(35(43)46)42-37(48)50-22-24-10-6-3-7-11-24/h2-17,19-20,28H,18,21-22H2,1H3,(H,40,44)(H,42,48). The highest BCUT2D eigenvalue weighted by atomic mass is 16.5. The number of esters is 1. The van der Waals surface area contributed by atoms with E-state index >= 15 is 0 Å². The van der Waals surface area contributed by atoms with Gasteiger partial charge in [-0.2, -0.15) is 0 Å². The van der Waals surface area contributed by atoms with Crippen molar-refractivity contribution in [1.29, 1.82) is 0 Å². The number of hydrogen-bond acceptors (Lipinski definition) is 11. The molecule has 256 valence electrons. The summed E-state index contributed by atoms with van der Waals surface area (Å²) < 4.78 is 16.8. The zero-order valence-electron chi connectivity index (χ0n) is 27.1. The summed E-state index contributed by atoms with van der Waals surface area (Å²) >= 11 is 0. The molecule has 0 aliphatic rings. The highest BCUT2D eigenvalue weighted by Crippen LogP contribution is 2.20. The molecule has 3 heterocycles. The zero-order valence-corrected chi connectivity index (χ0v) is 27.1. The van der Waals surface area contributed by atoms with Crippen LogP contribution in [0, 0.1) is 0 Å².